The topological polar surface area (TPSA) is 178 Å². The van der Waals surface area contributed by atoms with Crippen molar-refractivity contribution in [3.63, 3.8) is 0 Å². The third-order valence-corrected chi connectivity index (χ3v) is 13.1. The Kier molecular flexibility index (Phi) is 17.9. The van der Waals surface area contributed by atoms with Gasteiger partial charge < -0.3 is 43.9 Å². The molecule has 0 aromatic rings. The number of carbonyl (C=O) groups is 4. The van der Waals surface area contributed by atoms with Crippen LogP contribution in [0.25, 0.3) is 0 Å². The van der Waals surface area contributed by atoms with E-state index in [1.807, 2.05) is 26.0 Å². The molecule has 3 aliphatic heterocycles. The number of ether oxygens (including phenoxy) is 5. The largest absolute Gasteiger partial charge is 0.456 e. The minimum atomic E-state index is -2.47. The van der Waals surface area contributed by atoms with Gasteiger partial charge in [0.1, 0.15) is 12.1 Å². The van der Waals surface area contributed by atoms with E-state index >= 15 is 0 Å². The van der Waals surface area contributed by atoms with E-state index in [1.165, 1.54) is 4.90 Å². The summed E-state index contributed by atoms with van der Waals surface area (Å²) in [5.74, 6) is -7.06. The third-order valence-electron chi connectivity index (χ3n) is 13.1. The van der Waals surface area contributed by atoms with Gasteiger partial charge >= 0.3 is 5.97 Å². The van der Waals surface area contributed by atoms with Gasteiger partial charge in [0.05, 0.1) is 36.6 Å². The van der Waals surface area contributed by atoms with Gasteiger partial charge in [-0.2, -0.15) is 0 Å². The maximum absolute atomic E-state index is 14.3. The van der Waals surface area contributed by atoms with E-state index in [0.717, 1.165) is 6.42 Å². The van der Waals surface area contributed by atoms with Crippen LogP contribution in [0.2, 0.25) is 0 Å². The summed E-state index contributed by atoms with van der Waals surface area (Å²) in [6.07, 6.45) is 5.97. The molecule has 0 spiro atoms. The summed E-state index contributed by atoms with van der Waals surface area (Å²) in [7, 11) is 4.71. The van der Waals surface area contributed by atoms with Crippen LogP contribution in [0.3, 0.4) is 0 Å². The maximum atomic E-state index is 14.3. The number of Topliss-reactive ketones (excluding diaryl/α,β-unsaturated/α-hetero) is 2. The van der Waals surface area contributed by atoms with Crippen LogP contribution in [-0.2, 0) is 42.9 Å². The molecule has 2 bridgehead atoms. The number of aliphatic hydroxyl groups excluding tert-OH is 2. The summed E-state index contributed by atoms with van der Waals surface area (Å²) >= 11 is 0. The molecular weight excluding hydrogens is 746 g/mol. The molecule has 13 nitrogen and oxygen atoms in total. The van der Waals surface area contributed by atoms with E-state index in [9.17, 15) is 34.5 Å². The summed E-state index contributed by atoms with van der Waals surface area (Å²) in [5.41, 5.74) is 1.20. The molecule has 1 saturated carbocycles. The van der Waals surface area contributed by atoms with Crippen LogP contribution in [-0.4, -0.2) is 126 Å². The van der Waals surface area contributed by atoms with Crippen LogP contribution in [0.4, 0.5) is 0 Å². The number of piperidine rings is 1. The van der Waals surface area contributed by atoms with Crippen LogP contribution >= 0.6 is 0 Å². The van der Waals surface area contributed by atoms with Gasteiger partial charge in [-0.1, -0.05) is 45.9 Å². The molecule has 1 amide bonds. The number of hydrogen-bond donors (Lipinski definition) is 3. The minimum Gasteiger partial charge on any atom is -0.456 e. The fraction of sp³-hybridized carbons (Fsp3) is 0.778. The third kappa shape index (κ3) is 11.7. The second-order valence-electron chi connectivity index (χ2n) is 17.7. The van der Waals surface area contributed by atoms with Gasteiger partial charge in [0, 0.05) is 52.6 Å². The molecule has 0 aromatic heterocycles. The van der Waals surface area contributed by atoms with E-state index in [2.05, 4.69) is 13.5 Å². The highest BCUT2D eigenvalue weighted by molar-refractivity contribution is 6.39. The first-order valence-electron chi connectivity index (χ1n) is 21.4. The number of ketones is 2. The Balaban J connectivity index is 1.76. The predicted octanol–water partition coefficient (Wildman–Crippen LogP) is 5.03. The quantitative estimate of drug-likeness (QED) is 0.178. The zero-order valence-corrected chi connectivity index (χ0v) is 36.1. The molecule has 3 heterocycles. The molecule has 328 valence electrons. The number of aliphatic hydroxyl groups is 3. The first kappa shape index (κ1) is 47.9. The van der Waals surface area contributed by atoms with Gasteiger partial charge in [0.2, 0.25) is 5.79 Å². The number of methoxy groups -OCH3 is 3. The van der Waals surface area contributed by atoms with Gasteiger partial charge in [0.15, 0.2) is 5.78 Å². The Morgan fingerprint density at radius 3 is 2.28 bits per heavy atom. The van der Waals surface area contributed by atoms with Gasteiger partial charge in [-0.15, -0.1) is 6.58 Å². The number of amides is 1. The monoisotopic (exact) mass is 817 g/mol. The van der Waals surface area contributed by atoms with E-state index in [4.69, 9.17) is 23.7 Å². The van der Waals surface area contributed by atoms with Crippen molar-refractivity contribution < 1.29 is 58.2 Å². The molecule has 14 atom stereocenters. The van der Waals surface area contributed by atoms with Gasteiger partial charge in [-0.3, -0.25) is 14.4 Å². The molecule has 4 rings (SSSR count). The van der Waals surface area contributed by atoms with Gasteiger partial charge in [0.25, 0.3) is 11.7 Å². The Bertz CT molecular complexity index is 1500. The van der Waals surface area contributed by atoms with Crippen LogP contribution in [0.15, 0.2) is 36.0 Å². The second-order valence-corrected chi connectivity index (χ2v) is 17.7. The Labute approximate surface area is 345 Å². The molecule has 3 fully saturated rings. The van der Waals surface area contributed by atoms with Crippen molar-refractivity contribution in [1.29, 1.82) is 0 Å². The highest BCUT2D eigenvalue weighted by Crippen LogP contribution is 2.39. The number of allylic oxidation sites excluding steroid dienone is 4. The van der Waals surface area contributed by atoms with Crippen LogP contribution in [0.5, 0.6) is 0 Å². The van der Waals surface area contributed by atoms with Crippen LogP contribution in [0, 0.1) is 29.6 Å². The molecule has 2 saturated heterocycles. The van der Waals surface area contributed by atoms with Crippen molar-refractivity contribution in [2.75, 3.05) is 27.9 Å². The van der Waals surface area contributed by atoms with E-state index in [-0.39, 0.29) is 68.0 Å². The lowest BCUT2D eigenvalue weighted by molar-refractivity contribution is -0.289. The SMILES string of the molecule is C=CCC1=CC(C)C[C@H](C)C[C@H](OC)CC2O[C@@](O)(C(=O)C(=O)N3CCCC[C@H]3C(=O)O[C@H](C(C)=C[C@@H]3CC[C@@H](O)[C@H](OC)C3)[C@H](C)[C@@H](O)CC1=O)[C@H](C)C[C@@H]2OC. The number of fused-ring (bicyclic) bond motifs is 3. The normalized spacial score (nSPS) is 39.8. The van der Waals surface area contributed by atoms with Crippen LogP contribution < -0.4 is 0 Å². The van der Waals surface area contributed by atoms with E-state index < -0.39 is 71.8 Å². The predicted molar refractivity (Wildman–Crippen MR) is 217 cm³/mol. The molecule has 4 aliphatic rings. The average molecular weight is 818 g/mol. The van der Waals surface area contributed by atoms with Crippen molar-refractivity contribution in [3.8, 4) is 0 Å². The molecule has 13 heteroatoms. The molecule has 0 radical (unpaired) electrons. The summed E-state index contributed by atoms with van der Waals surface area (Å²) in [5, 5.41) is 34.1. The van der Waals surface area contributed by atoms with Crippen molar-refractivity contribution >= 4 is 23.4 Å². The summed E-state index contributed by atoms with van der Waals surface area (Å²) in [6.45, 7) is 13.3. The Morgan fingerprint density at radius 1 is 0.914 bits per heavy atom. The standard InChI is InChI=1S/C45H71NO12/c1-10-13-32-19-26(2)18-27(3)20-33(54-7)24-40-39(56-9)22-29(5)45(53,58-40)42(50)43(51)46-17-12-11-14-34(46)44(52)57-41(30(6)36(48)25-37(32)49)28(4)21-31-15-16-35(47)38(23-31)55-8/h10,19,21,26-27,29-31,33-36,38-41,47-48,53H,1,11-18,20,22-25H2,2-9H3/t26?,27-,29+,30+,31-,33-,34-,35+,36-,38+,39-,40?,41+,45+/m0/s1. The number of esters is 1. The van der Waals surface area contributed by atoms with Crippen LogP contribution in [0.1, 0.15) is 112 Å². The Morgan fingerprint density at radius 2 is 1.62 bits per heavy atom. The minimum absolute atomic E-state index is 0.00619. The smallest absolute Gasteiger partial charge is 0.329 e. The lowest BCUT2D eigenvalue weighted by Crippen LogP contribution is -2.63. The van der Waals surface area contributed by atoms with Crippen molar-refractivity contribution in [2.45, 2.75) is 166 Å². The van der Waals surface area contributed by atoms with Crippen molar-refractivity contribution in [1.82, 2.24) is 4.90 Å². The van der Waals surface area contributed by atoms with Gasteiger partial charge in [-0.25, -0.2) is 4.79 Å². The number of rotatable bonds is 7. The molecule has 58 heavy (non-hydrogen) atoms. The number of carbonyl (C=O) groups excluding carboxylic acids is 4. The maximum Gasteiger partial charge on any atom is 0.329 e. The highest BCUT2D eigenvalue weighted by atomic mass is 16.7. The number of hydrogen-bond acceptors (Lipinski definition) is 12. The summed E-state index contributed by atoms with van der Waals surface area (Å²) in [4.78, 5) is 57.8. The fourth-order valence-corrected chi connectivity index (χ4v) is 9.62. The lowest BCUT2D eigenvalue weighted by atomic mass is 9.82. The first-order chi connectivity index (χ1) is 27.5. The number of nitrogens with zero attached hydrogens (tertiary/aromatic N) is 1. The van der Waals surface area contributed by atoms with Crippen molar-refractivity contribution in [2.24, 2.45) is 29.6 Å². The zero-order chi connectivity index (χ0) is 42.9. The van der Waals surface area contributed by atoms with Gasteiger partial charge in [-0.05, 0) is 100 Å². The van der Waals surface area contributed by atoms with E-state index in [1.54, 1.807) is 41.3 Å². The second kappa shape index (κ2) is 21.7. The van der Waals surface area contributed by atoms with Crippen molar-refractivity contribution in [3.05, 3.63) is 36.0 Å². The molecule has 0 aromatic carbocycles. The molecular formula is C45H71NO12. The highest BCUT2D eigenvalue weighted by Gasteiger charge is 2.55. The first-order valence-corrected chi connectivity index (χ1v) is 21.4. The fourth-order valence-electron chi connectivity index (χ4n) is 9.62. The summed E-state index contributed by atoms with van der Waals surface area (Å²) in [6, 6.07) is -1.14. The zero-order valence-electron chi connectivity index (χ0n) is 36.1. The molecule has 2 unspecified atom stereocenters. The number of cyclic esters (lactones) is 1. The summed E-state index contributed by atoms with van der Waals surface area (Å²) < 4.78 is 29.7. The Hall–Kier alpha value is -2.78. The molecule has 3 N–H and O–H groups in total. The van der Waals surface area contributed by atoms with E-state index in [0.29, 0.717) is 56.1 Å². The molecule has 1 aliphatic carbocycles. The average Bonchev–Trinajstić information content (AvgIpc) is 3.19. The lowest BCUT2D eigenvalue weighted by Gasteiger charge is -2.45.